The van der Waals surface area contributed by atoms with E-state index in [0.29, 0.717) is 32.8 Å². The summed E-state index contributed by atoms with van der Waals surface area (Å²) in [7, 11) is 1.29. The maximum absolute atomic E-state index is 13.2. The Morgan fingerprint density at radius 1 is 0.946 bits per heavy atom. The molecule has 0 radical (unpaired) electrons. The average Bonchev–Trinajstić information content (AvgIpc) is 2.91. The van der Waals surface area contributed by atoms with Gasteiger partial charge in [0.25, 0.3) is 5.91 Å². The SMILES string of the molecule is COC(=O)c1ccc(COC(=O)C(Cc2cc(=O)[nH]c3ccccc23)NC(=O)c2ccc(Cl)cc2)cc1. The molecule has 0 aliphatic rings. The summed E-state index contributed by atoms with van der Waals surface area (Å²) in [5, 5.41) is 3.95. The third kappa shape index (κ3) is 6.42. The molecule has 0 saturated heterocycles. The van der Waals surface area contributed by atoms with Gasteiger partial charge < -0.3 is 19.8 Å². The summed E-state index contributed by atoms with van der Waals surface area (Å²) in [5.74, 6) is -1.64. The normalized spacial score (nSPS) is 11.5. The molecule has 0 fully saturated rings. The number of hydrogen-bond donors (Lipinski definition) is 2. The van der Waals surface area contributed by atoms with Crippen molar-refractivity contribution in [1.82, 2.24) is 10.3 Å². The molecular formula is C28H23ClN2O6. The number of aromatic amines is 1. The number of aromatic nitrogens is 1. The van der Waals surface area contributed by atoms with Crippen LogP contribution in [0.2, 0.25) is 5.02 Å². The number of H-pyrrole nitrogens is 1. The summed E-state index contributed by atoms with van der Waals surface area (Å²) in [6, 6.07) is 20.2. The molecule has 4 aromatic rings. The molecule has 1 unspecified atom stereocenters. The Morgan fingerprint density at radius 3 is 2.32 bits per heavy atom. The van der Waals surface area contributed by atoms with Crippen LogP contribution in [0, 0.1) is 0 Å². The third-order valence-corrected chi connectivity index (χ3v) is 5.96. The second-order valence-electron chi connectivity index (χ2n) is 8.24. The lowest BCUT2D eigenvalue weighted by molar-refractivity contribution is -0.147. The quantitative estimate of drug-likeness (QED) is 0.340. The van der Waals surface area contributed by atoms with Gasteiger partial charge in [-0.2, -0.15) is 0 Å². The second-order valence-corrected chi connectivity index (χ2v) is 8.67. The summed E-state index contributed by atoms with van der Waals surface area (Å²) in [6.07, 6.45) is 0.0316. The zero-order valence-corrected chi connectivity index (χ0v) is 20.6. The van der Waals surface area contributed by atoms with Gasteiger partial charge in [-0.1, -0.05) is 41.9 Å². The van der Waals surface area contributed by atoms with Crippen LogP contribution in [0.4, 0.5) is 0 Å². The number of amides is 1. The lowest BCUT2D eigenvalue weighted by Gasteiger charge is -2.19. The smallest absolute Gasteiger partial charge is 0.337 e. The predicted octanol–water partition coefficient (Wildman–Crippen LogP) is 4.05. The van der Waals surface area contributed by atoms with Crippen LogP contribution in [0.15, 0.2) is 83.7 Å². The van der Waals surface area contributed by atoms with E-state index in [2.05, 4.69) is 15.0 Å². The molecule has 4 rings (SSSR count). The second kappa shape index (κ2) is 11.5. The summed E-state index contributed by atoms with van der Waals surface area (Å²) in [6.45, 7) is -0.0796. The zero-order chi connectivity index (χ0) is 26.4. The summed E-state index contributed by atoms with van der Waals surface area (Å²) in [5.41, 5.74) is 2.20. The predicted molar refractivity (Wildman–Crippen MR) is 139 cm³/mol. The van der Waals surface area contributed by atoms with Crippen molar-refractivity contribution < 1.29 is 23.9 Å². The summed E-state index contributed by atoms with van der Waals surface area (Å²) in [4.78, 5) is 52.7. The van der Waals surface area contributed by atoms with Gasteiger partial charge in [0.2, 0.25) is 5.56 Å². The van der Waals surface area contributed by atoms with E-state index in [1.807, 2.05) is 12.1 Å². The van der Waals surface area contributed by atoms with Gasteiger partial charge in [0, 0.05) is 34.0 Å². The molecule has 0 aliphatic carbocycles. The van der Waals surface area contributed by atoms with E-state index in [1.54, 1.807) is 60.7 Å². The maximum Gasteiger partial charge on any atom is 0.337 e. The zero-order valence-electron chi connectivity index (χ0n) is 19.8. The maximum atomic E-state index is 13.2. The number of ether oxygens (including phenoxy) is 2. The molecule has 1 atom stereocenters. The van der Waals surface area contributed by atoms with Crippen molar-refractivity contribution in [2.45, 2.75) is 19.1 Å². The first-order chi connectivity index (χ1) is 17.8. The lowest BCUT2D eigenvalue weighted by Crippen LogP contribution is -2.43. The van der Waals surface area contributed by atoms with Crippen LogP contribution in [-0.2, 0) is 27.3 Å². The Bertz CT molecular complexity index is 1500. The van der Waals surface area contributed by atoms with E-state index >= 15 is 0 Å². The van der Waals surface area contributed by atoms with E-state index < -0.39 is 23.9 Å². The highest BCUT2D eigenvalue weighted by Crippen LogP contribution is 2.18. The fourth-order valence-electron chi connectivity index (χ4n) is 3.81. The van der Waals surface area contributed by atoms with Crippen molar-refractivity contribution in [2.24, 2.45) is 0 Å². The van der Waals surface area contributed by atoms with Gasteiger partial charge >= 0.3 is 11.9 Å². The minimum Gasteiger partial charge on any atom is -0.465 e. The van der Waals surface area contributed by atoms with Gasteiger partial charge in [-0.3, -0.25) is 9.59 Å². The molecule has 1 amide bonds. The van der Waals surface area contributed by atoms with Crippen molar-refractivity contribution in [1.29, 1.82) is 0 Å². The number of carbonyl (C=O) groups excluding carboxylic acids is 3. The van der Waals surface area contributed by atoms with Gasteiger partial charge in [0.05, 0.1) is 12.7 Å². The van der Waals surface area contributed by atoms with Crippen molar-refractivity contribution in [3.63, 3.8) is 0 Å². The molecule has 0 bridgehead atoms. The first-order valence-electron chi connectivity index (χ1n) is 11.4. The van der Waals surface area contributed by atoms with E-state index in [1.165, 1.54) is 13.2 Å². The van der Waals surface area contributed by atoms with Crippen molar-refractivity contribution in [3.05, 3.63) is 116 Å². The minimum atomic E-state index is -1.08. The number of pyridine rings is 1. The van der Waals surface area contributed by atoms with Crippen molar-refractivity contribution in [3.8, 4) is 0 Å². The molecule has 1 aromatic heterocycles. The molecular weight excluding hydrogens is 496 g/mol. The van der Waals surface area contributed by atoms with Crippen molar-refractivity contribution >= 4 is 40.3 Å². The number of benzene rings is 3. The number of para-hydroxylation sites is 1. The molecule has 0 saturated carbocycles. The Labute approximate surface area is 217 Å². The van der Waals surface area contributed by atoms with Crippen LogP contribution in [0.25, 0.3) is 10.9 Å². The van der Waals surface area contributed by atoms with E-state index in [9.17, 15) is 19.2 Å². The molecule has 2 N–H and O–H groups in total. The standard InChI is InChI=1S/C28H23ClN2O6/c1-36-27(34)19-8-6-17(7-9-19)16-37-28(35)24(31-26(33)18-10-12-21(29)13-11-18)14-20-15-25(32)30-23-5-3-2-4-22(20)23/h2-13,15,24H,14,16H2,1H3,(H,30,32)(H,31,33). The monoisotopic (exact) mass is 518 g/mol. The van der Waals surface area contributed by atoms with Crippen LogP contribution in [0.1, 0.15) is 31.8 Å². The van der Waals surface area contributed by atoms with E-state index in [4.69, 9.17) is 16.3 Å². The highest BCUT2D eigenvalue weighted by molar-refractivity contribution is 6.30. The fourth-order valence-corrected chi connectivity index (χ4v) is 3.94. The third-order valence-electron chi connectivity index (χ3n) is 5.71. The molecule has 3 aromatic carbocycles. The molecule has 1 heterocycles. The molecule has 37 heavy (non-hydrogen) atoms. The Kier molecular flexibility index (Phi) is 8.00. The topological polar surface area (TPSA) is 115 Å². The number of halogens is 1. The van der Waals surface area contributed by atoms with Crippen LogP contribution in [0.3, 0.4) is 0 Å². The van der Waals surface area contributed by atoms with Crippen LogP contribution in [0.5, 0.6) is 0 Å². The number of esters is 2. The van der Waals surface area contributed by atoms with Gasteiger partial charge in [-0.15, -0.1) is 0 Å². The summed E-state index contributed by atoms with van der Waals surface area (Å²) >= 11 is 5.92. The van der Waals surface area contributed by atoms with E-state index in [0.717, 1.165) is 5.39 Å². The van der Waals surface area contributed by atoms with Crippen molar-refractivity contribution in [2.75, 3.05) is 7.11 Å². The van der Waals surface area contributed by atoms with Gasteiger partial charge in [-0.05, 0) is 53.6 Å². The minimum absolute atomic E-state index is 0.0316. The van der Waals surface area contributed by atoms with E-state index in [-0.39, 0.29) is 18.6 Å². The molecule has 188 valence electrons. The van der Waals surface area contributed by atoms with Crippen LogP contribution >= 0.6 is 11.6 Å². The largest absolute Gasteiger partial charge is 0.465 e. The summed E-state index contributed by atoms with van der Waals surface area (Å²) < 4.78 is 10.2. The highest BCUT2D eigenvalue weighted by atomic mass is 35.5. The number of rotatable bonds is 8. The number of nitrogens with one attached hydrogen (secondary N) is 2. The number of hydrogen-bond acceptors (Lipinski definition) is 6. The molecule has 8 nitrogen and oxygen atoms in total. The molecule has 9 heteroatoms. The van der Waals surface area contributed by atoms with Gasteiger partial charge in [0.15, 0.2) is 0 Å². The van der Waals surface area contributed by atoms with Gasteiger partial charge in [-0.25, -0.2) is 9.59 Å². The lowest BCUT2D eigenvalue weighted by atomic mass is 10.0. The molecule has 0 aliphatic heterocycles. The number of methoxy groups -OCH3 is 1. The van der Waals surface area contributed by atoms with Crippen LogP contribution < -0.4 is 10.9 Å². The van der Waals surface area contributed by atoms with Crippen LogP contribution in [-0.4, -0.2) is 36.0 Å². The Balaban J connectivity index is 1.56. The first kappa shape index (κ1) is 25.7. The molecule has 0 spiro atoms. The fraction of sp³-hybridized carbons (Fsp3) is 0.143. The Morgan fingerprint density at radius 2 is 1.62 bits per heavy atom. The average molecular weight is 519 g/mol. The number of fused-ring (bicyclic) bond motifs is 1. The first-order valence-corrected chi connectivity index (χ1v) is 11.7. The number of carbonyl (C=O) groups is 3. The van der Waals surface area contributed by atoms with Gasteiger partial charge in [0.1, 0.15) is 12.6 Å². The highest BCUT2D eigenvalue weighted by Gasteiger charge is 2.25. The Hall–Kier alpha value is -4.43.